The summed E-state index contributed by atoms with van der Waals surface area (Å²) in [4.78, 5) is 0. The molecule has 1 heterocycles. The molecule has 1 spiro atoms. The summed E-state index contributed by atoms with van der Waals surface area (Å²) in [5.41, 5.74) is 0.0260. The van der Waals surface area contributed by atoms with E-state index in [9.17, 15) is 5.11 Å². The van der Waals surface area contributed by atoms with Crippen molar-refractivity contribution < 1.29 is 5.11 Å². The molecule has 0 aromatic carbocycles. The minimum absolute atomic E-state index is 0.0260. The van der Waals surface area contributed by atoms with Crippen molar-refractivity contribution >= 4 is 0 Å². The molecule has 2 N–H and O–H groups in total. The first-order valence-corrected chi connectivity index (χ1v) is 4.43. The van der Waals surface area contributed by atoms with Gasteiger partial charge in [-0.25, -0.2) is 0 Å². The van der Waals surface area contributed by atoms with Gasteiger partial charge < -0.3 is 10.4 Å². The Morgan fingerprint density at radius 2 is 2.36 bits per heavy atom. The fraction of sp³-hybridized carbons (Fsp3) is 0.778. The second-order valence-corrected chi connectivity index (χ2v) is 3.62. The zero-order valence-corrected chi connectivity index (χ0v) is 6.71. The highest BCUT2D eigenvalue weighted by Crippen LogP contribution is 2.31. The minimum Gasteiger partial charge on any atom is -0.387 e. The number of nitrogens with one attached hydrogen (secondary N) is 1. The normalized spacial score (nSPS) is 43.5. The zero-order valence-electron chi connectivity index (χ0n) is 6.71. The number of rotatable bonds is 0. The lowest BCUT2D eigenvalue weighted by molar-refractivity contribution is 0.0882. The van der Waals surface area contributed by atoms with E-state index in [1.807, 2.05) is 6.08 Å². The first-order valence-electron chi connectivity index (χ1n) is 4.43. The minimum atomic E-state index is -0.247. The van der Waals surface area contributed by atoms with Gasteiger partial charge >= 0.3 is 0 Å². The van der Waals surface area contributed by atoms with Crippen LogP contribution in [-0.4, -0.2) is 23.3 Å². The lowest BCUT2D eigenvalue weighted by atomic mass is 9.85. The molecule has 1 aliphatic heterocycles. The van der Waals surface area contributed by atoms with Gasteiger partial charge in [0.1, 0.15) is 0 Å². The van der Waals surface area contributed by atoms with E-state index in [1.54, 1.807) is 0 Å². The predicted octanol–water partition coefficient (Wildman–Crippen LogP) is 0.819. The molecule has 0 radical (unpaired) electrons. The summed E-state index contributed by atoms with van der Waals surface area (Å²) in [5.74, 6) is 0. The topological polar surface area (TPSA) is 32.3 Å². The van der Waals surface area contributed by atoms with Crippen molar-refractivity contribution in [1.82, 2.24) is 5.32 Å². The molecule has 2 atom stereocenters. The van der Waals surface area contributed by atoms with Gasteiger partial charge in [0.15, 0.2) is 0 Å². The third-order valence-corrected chi connectivity index (χ3v) is 2.89. The molecule has 1 fully saturated rings. The van der Waals surface area contributed by atoms with Crippen LogP contribution in [0.4, 0.5) is 0 Å². The highest BCUT2D eigenvalue weighted by atomic mass is 16.3. The van der Waals surface area contributed by atoms with E-state index in [-0.39, 0.29) is 11.6 Å². The van der Waals surface area contributed by atoms with E-state index in [1.165, 1.54) is 12.8 Å². The van der Waals surface area contributed by atoms with E-state index < -0.39 is 0 Å². The van der Waals surface area contributed by atoms with Gasteiger partial charge in [-0.3, -0.25) is 0 Å². The summed E-state index contributed by atoms with van der Waals surface area (Å²) in [6.45, 7) is 1.07. The van der Waals surface area contributed by atoms with Crippen molar-refractivity contribution in [3.63, 3.8) is 0 Å². The molecule has 0 aromatic heterocycles. The summed E-state index contributed by atoms with van der Waals surface area (Å²) in [7, 11) is 0. The maximum atomic E-state index is 9.66. The van der Waals surface area contributed by atoms with E-state index in [2.05, 4.69) is 11.4 Å². The Labute approximate surface area is 67.3 Å². The van der Waals surface area contributed by atoms with Gasteiger partial charge in [0, 0.05) is 0 Å². The molecule has 11 heavy (non-hydrogen) atoms. The molecule has 0 amide bonds. The summed E-state index contributed by atoms with van der Waals surface area (Å²) in [6, 6.07) is 0. The molecule has 2 nitrogen and oxygen atoms in total. The Morgan fingerprint density at radius 1 is 1.45 bits per heavy atom. The van der Waals surface area contributed by atoms with Crippen LogP contribution >= 0.6 is 0 Å². The van der Waals surface area contributed by atoms with Crippen LogP contribution in [0.15, 0.2) is 12.2 Å². The fourth-order valence-corrected chi connectivity index (χ4v) is 2.13. The van der Waals surface area contributed by atoms with Crippen LogP contribution in [-0.2, 0) is 0 Å². The Balaban J connectivity index is 2.08. The van der Waals surface area contributed by atoms with Crippen molar-refractivity contribution in [2.24, 2.45) is 0 Å². The maximum Gasteiger partial charge on any atom is 0.0905 e. The Morgan fingerprint density at radius 3 is 2.91 bits per heavy atom. The molecule has 1 aliphatic carbocycles. The van der Waals surface area contributed by atoms with Gasteiger partial charge in [-0.05, 0) is 25.8 Å². The quantitative estimate of drug-likeness (QED) is 0.505. The van der Waals surface area contributed by atoms with Crippen LogP contribution in [0.25, 0.3) is 0 Å². The zero-order chi connectivity index (χ0) is 7.73. The summed E-state index contributed by atoms with van der Waals surface area (Å²) >= 11 is 0. The molecular formula is C9H15NO. The second-order valence-electron chi connectivity index (χ2n) is 3.62. The summed E-state index contributed by atoms with van der Waals surface area (Å²) < 4.78 is 0. The van der Waals surface area contributed by atoms with Gasteiger partial charge in [-0.1, -0.05) is 18.6 Å². The molecule has 1 saturated heterocycles. The maximum absolute atomic E-state index is 9.66. The van der Waals surface area contributed by atoms with Gasteiger partial charge in [0.25, 0.3) is 0 Å². The van der Waals surface area contributed by atoms with E-state index in [0.717, 1.165) is 19.4 Å². The first-order chi connectivity index (χ1) is 5.33. The number of aliphatic hydroxyl groups is 1. The highest BCUT2D eigenvalue weighted by Gasteiger charge is 2.39. The van der Waals surface area contributed by atoms with Gasteiger partial charge in [-0.2, -0.15) is 0 Å². The number of hydrogen-bond donors (Lipinski definition) is 2. The Hall–Kier alpha value is -0.340. The molecule has 2 heteroatoms. The van der Waals surface area contributed by atoms with Crippen molar-refractivity contribution in [2.75, 3.05) is 6.54 Å². The van der Waals surface area contributed by atoms with Crippen molar-refractivity contribution in [2.45, 2.75) is 37.3 Å². The van der Waals surface area contributed by atoms with Gasteiger partial charge in [0.2, 0.25) is 0 Å². The highest BCUT2D eigenvalue weighted by molar-refractivity contribution is 5.15. The largest absolute Gasteiger partial charge is 0.387 e. The monoisotopic (exact) mass is 153 g/mol. The molecule has 0 saturated carbocycles. The summed E-state index contributed by atoms with van der Waals surface area (Å²) in [5, 5.41) is 13.1. The van der Waals surface area contributed by atoms with Crippen LogP contribution in [0, 0.1) is 0 Å². The van der Waals surface area contributed by atoms with Crippen LogP contribution in [0.1, 0.15) is 25.7 Å². The molecule has 0 aromatic rings. The third kappa shape index (κ3) is 1.10. The van der Waals surface area contributed by atoms with Crippen molar-refractivity contribution in [1.29, 1.82) is 0 Å². The molecule has 0 unspecified atom stereocenters. The van der Waals surface area contributed by atoms with Crippen LogP contribution in [0.3, 0.4) is 0 Å². The summed E-state index contributed by atoms with van der Waals surface area (Å²) in [6.07, 6.45) is 8.40. The third-order valence-electron chi connectivity index (χ3n) is 2.89. The molecule has 2 rings (SSSR count). The SMILES string of the molecule is O[C@H]1C=CC[C@]12CCCCN2. The lowest BCUT2D eigenvalue weighted by Crippen LogP contribution is -2.53. The van der Waals surface area contributed by atoms with E-state index in [0.29, 0.717) is 0 Å². The second kappa shape index (κ2) is 2.61. The van der Waals surface area contributed by atoms with Gasteiger partial charge in [-0.15, -0.1) is 0 Å². The Bertz CT molecular complexity index is 170. The molecule has 0 bridgehead atoms. The number of piperidine rings is 1. The average Bonchev–Trinajstić information content (AvgIpc) is 2.36. The molecule has 62 valence electrons. The first kappa shape index (κ1) is 7.32. The van der Waals surface area contributed by atoms with Crippen LogP contribution in [0.5, 0.6) is 0 Å². The van der Waals surface area contributed by atoms with Crippen molar-refractivity contribution in [3.8, 4) is 0 Å². The Kier molecular flexibility index (Phi) is 1.74. The smallest absolute Gasteiger partial charge is 0.0905 e. The number of hydrogen-bond acceptors (Lipinski definition) is 2. The molecular weight excluding hydrogens is 138 g/mol. The van der Waals surface area contributed by atoms with Crippen molar-refractivity contribution in [3.05, 3.63) is 12.2 Å². The van der Waals surface area contributed by atoms with Crippen LogP contribution in [0.2, 0.25) is 0 Å². The van der Waals surface area contributed by atoms with Crippen LogP contribution < -0.4 is 5.32 Å². The fourth-order valence-electron chi connectivity index (χ4n) is 2.13. The van der Waals surface area contributed by atoms with E-state index >= 15 is 0 Å². The number of aliphatic hydroxyl groups excluding tert-OH is 1. The average molecular weight is 153 g/mol. The standard InChI is InChI=1S/C9H15NO/c11-8-4-3-6-9(8)5-1-2-7-10-9/h3-4,8,10-11H,1-2,5-7H2/t8-,9+/m0/s1. The van der Waals surface area contributed by atoms with Gasteiger partial charge in [0.05, 0.1) is 11.6 Å². The predicted molar refractivity (Wildman–Crippen MR) is 44.3 cm³/mol. The molecule has 2 aliphatic rings. The van der Waals surface area contributed by atoms with E-state index in [4.69, 9.17) is 0 Å². The lowest BCUT2D eigenvalue weighted by Gasteiger charge is -2.37.